The topological polar surface area (TPSA) is 83.5 Å². The summed E-state index contributed by atoms with van der Waals surface area (Å²) in [6.45, 7) is 0. The summed E-state index contributed by atoms with van der Waals surface area (Å²) in [7, 11) is -1.72. The van der Waals surface area contributed by atoms with Gasteiger partial charge in [-0.3, -0.25) is 0 Å². The number of carbonyl (C=O) groups is 1. The van der Waals surface area contributed by atoms with Gasteiger partial charge in [-0.25, -0.2) is 0 Å². The molecule has 0 spiro atoms. The van der Waals surface area contributed by atoms with Gasteiger partial charge in [-0.15, -0.1) is 0 Å². The minimum atomic E-state index is -1.72. The van der Waals surface area contributed by atoms with Gasteiger partial charge in [-0.1, -0.05) is 0 Å². The molecule has 0 aromatic rings. The molecule has 0 amide bonds. The van der Waals surface area contributed by atoms with Crippen LogP contribution in [0, 0.1) is 0 Å². The van der Waals surface area contributed by atoms with Crippen LogP contribution < -0.4 is 5.73 Å². The van der Waals surface area contributed by atoms with Gasteiger partial charge in [0.2, 0.25) is 0 Å². The number of hydrogen-bond donors (Lipinski definition) is 3. The first-order chi connectivity index (χ1) is 4.83. The minimum Gasteiger partial charge on any atom is -0.197 e. The SMILES string of the molecule is CS(O)([Se])CC[C@H](N)C(=O)O.S. The second kappa shape index (κ2) is 6.12. The van der Waals surface area contributed by atoms with Crippen LogP contribution in [0.5, 0.6) is 0 Å². The van der Waals surface area contributed by atoms with E-state index in [0.717, 1.165) is 0 Å². The Morgan fingerprint density at radius 1 is 1.75 bits per heavy atom. The Bertz CT molecular complexity index is 150. The van der Waals surface area contributed by atoms with Gasteiger partial charge in [-0.05, 0) is 0 Å². The van der Waals surface area contributed by atoms with E-state index in [9.17, 15) is 9.35 Å². The molecule has 1 unspecified atom stereocenters. The third kappa shape index (κ3) is 8.70. The van der Waals surface area contributed by atoms with Gasteiger partial charge in [-0.2, -0.15) is 13.5 Å². The van der Waals surface area contributed by atoms with Crippen LogP contribution in [-0.4, -0.2) is 48.6 Å². The third-order valence-corrected chi connectivity index (χ3v) is 3.17. The van der Waals surface area contributed by atoms with Crippen molar-refractivity contribution in [3.63, 3.8) is 0 Å². The second-order valence-corrected chi connectivity index (χ2v) is 9.24. The van der Waals surface area contributed by atoms with Gasteiger partial charge >= 0.3 is 74.2 Å². The van der Waals surface area contributed by atoms with Crippen LogP contribution in [0.3, 0.4) is 0 Å². The summed E-state index contributed by atoms with van der Waals surface area (Å²) < 4.78 is 9.23. The summed E-state index contributed by atoms with van der Waals surface area (Å²) in [5, 5.41) is 8.37. The summed E-state index contributed by atoms with van der Waals surface area (Å²) in [4.78, 5) is 10.2. The first-order valence-corrected chi connectivity index (χ1v) is 7.19. The van der Waals surface area contributed by atoms with Crippen LogP contribution in [0.1, 0.15) is 6.42 Å². The first-order valence-electron chi connectivity index (χ1n) is 3.00. The normalized spacial score (nSPS) is 20.0. The van der Waals surface area contributed by atoms with Gasteiger partial charge < -0.3 is 0 Å². The molecule has 75 valence electrons. The number of rotatable bonds is 4. The van der Waals surface area contributed by atoms with E-state index < -0.39 is 20.7 Å². The molecule has 0 rings (SSSR count). The molecular weight excluding hydrogens is 265 g/mol. The van der Waals surface area contributed by atoms with Crippen molar-refractivity contribution < 1.29 is 14.5 Å². The molecule has 0 saturated heterocycles. The van der Waals surface area contributed by atoms with Gasteiger partial charge in [0.1, 0.15) is 0 Å². The van der Waals surface area contributed by atoms with Crippen LogP contribution in [0.4, 0.5) is 0 Å². The Morgan fingerprint density at radius 3 is 2.42 bits per heavy atom. The fourth-order valence-corrected chi connectivity index (χ4v) is 1.77. The standard InChI is InChI=1S/C5H12NO3SSe.H2S/c1-10(9,11)3-2-4(6)5(7)8;/h4,9H,2-3,6H2,1H3,(H,7,8);1H2/t4-;/m0./s1. The molecule has 12 heavy (non-hydrogen) atoms. The monoisotopic (exact) mass is 280 g/mol. The van der Waals surface area contributed by atoms with E-state index in [2.05, 4.69) is 14.9 Å². The minimum absolute atomic E-state index is 0. The van der Waals surface area contributed by atoms with Crippen molar-refractivity contribution in [1.82, 2.24) is 0 Å². The first kappa shape index (κ1) is 15.1. The summed E-state index contributed by atoms with van der Waals surface area (Å²) in [5.41, 5.74) is 5.21. The molecule has 0 bridgehead atoms. The Balaban J connectivity index is 0. The number of hydrogen-bond acceptors (Lipinski definition) is 3. The zero-order chi connectivity index (χ0) is 9.07. The molecule has 4 N–H and O–H groups in total. The largest absolute Gasteiger partial charge is 0.197 e. The van der Waals surface area contributed by atoms with E-state index in [1.807, 2.05) is 0 Å². The van der Waals surface area contributed by atoms with Crippen molar-refractivity contribution in [1.29, 1.82) is 0 Å². The van der Waals surface area contributed by atoms with E-state index in [1.165, 1.54) is 0 Å². The van der Waals surface area contributed by atoms with E-state index >= 15 is 0 Å². The molecule has 0 aromatic carbocycles. The van der Waals surface area contributed by atoms with Crippen molar-refractivity contribution in [3.05, 3.63) is 0 Å². The second-order valence-electron chi connectivity index (χ2n) is 2.40. The van der Waals surface area contributed by atoms with Gasteiger partial charge in [0.25, 0.3) is 0 Å². The van der Waals surface area contributed by atoms with E-state index in [-0.39, 0.29) is 13.5 Å². The van der Waals surface area contributed by atoms with Crippen LogP contribution in [0.2, 0.25) is 0 Å². The van der Waals surface area contributed by atoms with Gasteiger partial charge in [0, 0.05) is 0 Å². The summed E-state index contributed by atoms with van der Waals surface area (Å²) in [6, 6.07) is -0.859. The van der Waals surface area contributed by atoms with Crippen molar-refractivity contribution in [2.24, 2.45) is 5.73 Å². The number of nitrogens with two attached hydrogens (primary N) is 1. The Hall–Kier alpha value is 0.609. The molecule has 1 radical (unpaired) electrons. The van der Waals surface area contributed by atoms with Crippen LogP contribution in [-0.2, 0) is 4.79 Å². The Kier molecular flexibility index (Phi) is 7.70. The third-order valence-electron chi connectivity index (χ3n) is 1.12. The maximum Gasteiger partial charge on any atom is -0.197 e. The summed E-state index contributed by atoms with van der Waals surface area (Å²) in [6.07, 6.45) is 1.96. The van der Waals surface area contributed by atoms with E-state index in [4.69, 9.17) is 10.8 Å². The van der Waals surface area contributed by atoms with Crippen LogP contribution in [0.25, 0.3) is 0 Å². The van der Waals surface area contributed by atoms with Gasteiger partial charge in [0.15, 0.2) is 0 Å². The molecule has 0 aliphatic rings. The molecule has 0 aliphatic carbocycles. The number of carboxylic acid groups (broad SMARTS) is 1. The van der Waals surface area contributed by atoms with Crippen LogP contribution in [0.15, 0.2) is 0 Å². The molecule has 7 heteroatoms. The molecular formula is C5H14NO3S2Se. The molecule has 0 aromatic heterocycles. The van der Waals surface area contributed by atoms with Gasteiger partial charge in [0.05, 0.1) is 0 Å². The average molecular weight is 279 g/mol. The fourth-order valence-electron chi connectivity index (χ4n) is 0.469. The van der Waals surface area contributed by atoms with E-state index in [0.29, 0.717) is 12.2 Å². The average Bonchev–Trinajstić information content (AvgIpc) is 1.80. The number of carboxylic acids is 1. The fraction of sp³-hybridized carbons (Fsp3) is 0.800. The number of aliphatic carboxylic acids is 1. The van der Waals surface area contributed by atoms with Crippen molar-refractivity contribution in [2.75, 3.05) is 12.0 Å². The van der Waals surface area contributed by atoms with Crippen molar-refractivity contribution >= 4 is 43.1 Å². The quantitative estimate of drug-likeness (QED) is 0.627. The van der Waals surface area contributed by atoms with Crippen molar-refractivity contribution in [3.8, 4) is 0 Å². The Labute approximate surface area is 87.8 Å². The molecule has 4 nitrogen and oxygen atoms in total. The molecule has 0 saturated carbocycles. The predicted molar refractivity (Wildman–Crippen MR) is 57.4 cm³/mol. The van der Waals surface area contributed by atoms with Crippen LogP contribution >= 0.6 is 22.2 Å². The zero-order valence-electron chi connectivity index (χ0n) is 6.69. The zero-order valence-corrected chi connectivity index (χ0v) is 10.2. The summed E-state index contributed by atoms with van der Waals surface area (Å²) >= 11 is 2.60. The maximum atomic E-state index is 10.2. The summed E-state index contributed by atoms with van der Waals surface area (Å²) in [5.74, 6) is -0.589. The smallest absolute Gasteiger partial charge is 0.197 e. The predicted octanol–water partition coefficient (Wildman–Crippen LogP) is -0.108. The van der Waals surface area contributed by atoms with E-state index in [1.54, 1.807) is 6.26 Å². The molecule has 0 fully saturated rings. The maximum absolute atomic E-state index is 10.2. The molecule has 0 aliphatic heterocycles. The van der Waals surface area contributed by atoms with Crippen molar-refractivity contribution in [2.45, 2.75) is 12.5 Å². The Morgan fingerprint density at radius 2 is 2.17 bits per heavy atom. The molecule has 0 heterocycles. The molecule has 2 atom stereocenters.